The predicted molar refractivity (Wildman–Crippen MR) is 85.2 cm³/mol. The first-order valence-corrected chi connectivity index (χ1v) is 8.40. The molecule has 0 spiro atoms. The van der Waals surface area contributed by atoms with Crippen LogP contribution in [-0.4, -0.2) is 23.4 Å². The zero-order valence-electron chi connectivity index (χ0n) is 11.1. The zero-order valence-corrected chi connectivity index (χ0v) is 13.3. The Hall–Kier alpha value is -0.580. The highest BCUT2D eigenvalue weighted by atomic mass is 127. The van der Waals surface area contributed by atoms with E-state index in [2.05, 4.69) is 27.5 Å². The lowest BCUT2D eigenvalue weighted by molar-refractivity contribution is 0.0390. The highest BCUT2D eigenvalue weighted by Gasteiger charge is 2.35. The SMILES string of the molecule is O=C(c1ccc(I)cc1)N1CCCC2CCCCC21. The Balaban J connectivity index is 1.79. The van der Waals surface area contributed by atoms with Crippen LogP contribution in [0.2, 0.25) is 0 Å². The van der Waals surface area contributed by atoms with Crippen LogP contribution in [0.5, 0.6) is 0 Å². The molecule has 2 unspecified atom stereocenters. The monoisotopic (exact) mass is 369 g/mol. The van der Waals surface area contributed by atoms with Gasteiger partial charge in [-0.1, -0.05) is 12.8 Å². The van der Waals surface area contributed by atoms with Crippen LogP contribution in [0.3, 0.4) is 0 Å². The van der Waals surface area contributed by atoms with Crippen molar-refractivity contribution >= 4 is 28.5 Å². The van der Waals surface area contributed by atoms with Gasteiger partial charge in [-0.25, -0.2) is 0 Å². The molecule has 1 heterocycles. The maximum absolute atomic E-state index is 12.7. The zero-order chi connectivity index (χ0) is 13.2. The van der Waals surface area contributed by atoms with Gasteiger partial charge in [0, 0.05) is 21.7 Å². The molecular formula is C16H20INO. The third-order valence-electron chi connectivity index (χ3n) is 4.60. The average molecular weight is 369 g/mol. The number of rotatable bonds is 1. The summed E-state index contributed by atoms with van der Waals surface area (Å²) in [5, 5.41) is 0. The van der Waals surface area contributed by atoms with Gasteiger partial charge in [0.05, 0.1) is 0 Å². The molecule has 0 radical (unpaired) electrons. The molecule has 19 heavy (non-hydrogen) atoms. The van der Waals surface area contributed by atoms with Crippen molar-refractivity contribution in [2.45, 2.75) is 44.6 Å². The number of likely N-dealkylation sites (tertiary alicyclic amines) is 1. The fraction of sp³-hybridized carbons (Fsp3) is 0.562. The summed E-state index contributed by atoms with van der Waals surface area (Å²) in [6, 6.07) is 8.49. The third-order valence-corrected chi connectivity index (χ3v) is 5.31. The topological polar surface area (TPSA) is 20.3 Å². The van der Waals surface area contributed by atoms with Crippen LogP contribution in [0, 0.1) is 9.49 Å². The number of amides is 1. The summed E-state index contributed by atoms with van der Waals surface area (Å²) < 4.78 is 1.18. The number of halogens is 1. The molecule has 0 aromatic heterocycles. The number of carbonyl (C=O) groups is 1. The van der Waals surface area contributed by atoms with E-state index in [9.17, 15) is 4.79 Å². The lowest BCUT2D eigenvalue weighted by Crippen LogP contribution is -2.49. The number of hydrogen-bond acceptors (Lipinski definition) is 1. The van der Waals surface area contributed by atoms with E-state index in [1.54, 1.807) is 0 Å². The smallest absolute Gasteiger partial charge is 0.254 e. The number of nitrogens with zero attached hydrogens (tertiary/aromatic N) is 1. The second-order valence-corrected chi connectivity index (χ2v) is 7.01. The molecule has 1 saturated carbocycles. The van der Waals surface area contributed by atoms with Crippen molar-refractivity contribution in [3.63, 3.8) is 0 Å². The van der Waals surface area contributed by atoms with Crippen LogP contribution >= 0.6 is 22.6 Å². The standard InChI is InChI=1S/C16H20INO/c17-14-9-7-13(8-10-14)16(19)18-11-3-5-12-4-1-2-6-15(12)18/h7-10,12,15H,1-6,11H2. The van der Waals surface area contributed by atoms with Crippen molar-refractivity contribution in [2.75, 3.05) is 6.54 Å². The molecule has 0 N–H and O–H groups in total. The molecule has 1 aromatic rings. The van der Waals surface area contributed by atoms with Crippen molar-refractivity contribution < 1.29 is 4.79 Å². The minimum atomic E-state index is 0.244. The molecule has 2 atom stereocenters. The minimum absolute atomic E-state index is 0.244. The van der Waals surface area contributed by atoms with Crippen molar-refractivity contribution in [1.29, 1.82) is 0 Å². The van der Waals surface area contributed by atoms with Gasteiger partial charge < -0.3 is 4.90 Å². The molecule has 1 aliphatic carbocycles. The van der Waals surface area contributed by atoms with Gasteiger partial charge in [-0.3, -0.25) is 4.79 Å². The predicted octanol–water partition coefficient (Wildman–Crippen LogP) is 4.09. The van der Waals surface area contributed by atoms with E-state index in [0.717, 1.165) is 18.0 Å². The van der Waals surface area contributed by atoms with E-state index < -0.39 is 0 Å². The largest absolute Gasteiger partial charge is 0.335 e. The number of benzene rings is 1. The van der Waals surface area contributed by atoms with Crippen molar-refractivity contribution in [2.24, 2.45) is 5.92 Å². The lowest BCUT2D eigenvalue weighted by Gasteiger charge is -2.44. The number of hydrogen-bond donors (Lipinski definition) is 0. The Morgan fingerprint density at radius 3 is 2.53 bits per heavy atom. The molecule has 1 aromatic carbocycles. The molecule has 3 rings (SSSR count). The summed E-state index contributed by atoms with van der Waals surface area (Å²) in [6.07, 6.45) is 7.67. The van der Waals surface area contributed by atoms with Crippen LogP contribution in [-0.2, 0) is 0 Å². The first-order chi connectivity index (χ1) is 9.25. The number of carbonyl (C=O) groups excluding carboxylic acids is 1. The number of piperidine rings is 1. The van der Waals surface area contributed by atoms with Crippen LogP contribution in [0.15, 0.2) is 24.3 Å². The Morgan fingerprint density at radius 2 is 1.74 bits per heavy atom. The Kier molecular flexibility index (Phi) is 4.10. The second-order valence-electron chi connectivity index (χ2n) is 5.76. The van der Waals surface area contributed by atoms with E-state index in [1.807, 2.05) is 24.3 Å². The molecule has 102 valence electrons. The number of fused-ring (bicyclic) bond motifs is 1. The summed E-state index contributed by atoms with van der Waals surface area (Å²) in [4.78, 5) is 14.9. The van der Waals surface area contributed by atoms with Crippen LogP contribution in [0.4, 0.5) is 0 Å². The molecule has 1 aliphatic heterocycles. The van der Waals surface area contributed by atoms with Crippen LogP contribution in [0.25, 0.3) is 0 Å². The second kappa shape index (κ2) is 5.81. The minimum Gasteiger partial charge on any atom is -0.335 e. The summed E-state index contributed by atoms with van der Waals surface area (Å²) >= 11 is 2.28. The molecule has 3 heteroatoms. The molecule has 2 aliphatic rings. The van der Waals surface area contributed by atoms with Gasteiger partial charge in [-0.2, -0.15) is 0 Å². The highest BCUT2D eigenvalue weighted by molar-refractivity contribution is 14.1. The van der Waals surface area contributed by atoms with Gasteiger partial charge >= 0.3 is 0 Å². The van der Waals surface area contributed by atoms with Gasteiger partial charge in [0.15, 0.2) is 0 Å². The van der Waals surface area contributed by atoms with E-state index in [1.165, 1.54) is 42.1 Å². The van der Waals surface area contributed by atoms with E-state index in [4.69, 9.17) is 0 Å². The fourth-order valence-electron chi connectivity index (χ4n) is 3.64. The van der Waals surface area contributed by atoms with E-state index in [-0.39, 0.29) is 5.91 Å². The molecule has 2 nitrogen and oxygen atoms in total. The van der Waals surface area contributed by atoms with E-state index >= 15 is 0 Å². The van der Waals surface area contributed by atoms with Crippen molar-refractivity contribution in [3.05, 3.63) is 33.4 Å². The first kappa shape index (κ1) is 13.4. The van der Waals surface area contributed by atoms with Crippen LogP contribution in [0.1, 0.15) is 48.9 Å². The summed E-state index contributed by atoms with van der Waals surface area (Å²) in [5.41, 5.74) is 0.853. The van der Waals surface area contributed by atoms with Crippen molar-refractivity contribution in [3.8, 4) is 0 Å². The first-order valence-electron chi connectivity index (χ1n) is 7.32. The molecule has 2 fully saturated rings. The summed E-state index contributed by atoms with van der Waals surface area (Å²) in [7, 11) is 0. The summed E-state index contributed by atoms with van der Waals surface area (Å²) in [6.45, 7) is 0.950. The highest BCUT2D eigenvalue weighted by Crippen LogP contribution is 2.35. The van der Waals surface area contributed by atoms with Gasteiger partial charge in [0.1, 0.15) is 0 Å². The Bertz CT molecular complexity index is 454. The Morgan fingerprint density at radius 1 is 1.05 bits per heavy atom. The quantitative estimate of drug-likeness (QED) is 0.683. The fourth-order valence-corrected chi connectivity index (χ4v) is 3.99. The normalized spacial score (nSPS) is 26.9. The maximum atomic E-state index is 12.7. The van der Waals surface area contributed by atoms with Crippen LogP contribution < -0.4 is 0 Å². The maximum Gasteiger partial charge on any atom is 0.254 e. The third kappa shape index (κ3) is 2.81. The molecule has 0 bridgehead atoms. The van der Waals surface area contributed by atoms with Gasteiger partial charge in [0.25, 0.3) is 5.91 Å². The van der Waals surface area contributed by atoms with Gasteiger partial charge in [-0.15, -0.1) is 0 Å². The summed E-state index contributed by atoms with van der Waals surface area (Å²) in [5.74, 6) is 1.00. The molecule has 1 saturated heterocycles. The molecule has 1 amide bonds. The van der Waals surface area contributed by atoms with E-state index in [0.29, 0.717) is 6.04 Å². The average Bonchev–Trinajstić information content (AvgIpc) is 2.47. The van der Waals surface area contributed by atoms with Crippen molar-refractivity contribution in [1.82, 2.24) is 4.90 Å². The van der Waals surface area contributed by atoms with Gasteiger partial charge in [0.2, 0.25) is 0 Å². The lowest BCUT2D eigenvalue weighted by atomic mass is 9.78. The molecular weight excluding hydrogens is 349 g/mol. The van der Waals surface area contributed by atoms with Gasteiger partial charge in [-0.05, 0) is 78.5 Å². The Labute approximate surface area is 128 Å².